The van der Waals surface area contributed by atoms with Crippen molar-refractivity contribution in [1.82, 2.24) is 0 Å². The number of hydrogen-bond donors (Lipinski definition) is 2. The van der Waals surface area contributed by atoms with Gasteiger partial charge in [0.1, 0.15) is 10.6 Å². The number of sulfone groups is 1. The van der Waals surface area contributed by atoms with E-state index in [9.17, 15) is 13.2 Å². The average molecular weight is 313 g/mol. The van der Waals surface area contributed by atoms with Crippen LogP contribution in [0.2, 0.25) is 0 Å². The van der Waals surface area contributed by atoms with E-state index in [1.807, 2.05) is 0 Å². The van der Waals surface area contributed by atoms with E-state index in [2.05, 4.69) is 4.99 Å². The van der Waals surface area contributed by atoms with Crippen molar-refractivity contribution in [2.75, 3.05) is 6.26 Å². The number of nitrogens with zero attached hydrogens (tertiary/aromatic N) is 1. The molecule has 0 spiro atoms. The van der Waals surface area contributed by atoms with Crippen LogP contribution in [0.1, 0.15) is 29.8 Å². The van der Waals surface area contributed by atoms with Gasteiger partial charge in [-0.15, -0.1) is 0 Å². The van der Waals surface area contributed by atoms with Crippen molar-refractivity contribution in [3.05, 3.63) is 23.3 Å². The van der Waals surface area contributed by atoms with Gasteiger partial charge in [-0.25, -0.2) is 8.42 Å². The number of carbonyl (C=O) groups is 1. The van der Waals surface area contributed by atoms with Crippen LogP contribution in [0.15, 0.2) is 22.0 Å². The van der Waals surface area contributed by atoms with Gasteiger partial charge in [-0.3, -0.25) is 4.79 Å². The molecule has 0 fully saturated rings. The SMILES string of the molecule is Cc1cc(OC(C)C)c(S(C)(=O)=O)cc1C(=O)N=C(N)N. The lowest BCUT2D eigenvalue weighted by Crippen LogP contribution is -2.24. The van der Waals surface area contributed by atoms with Crippen LogP contribution < -0.4 is 16.2 Å². The van der Waals surface area contributed by atoms with Crippen LogP contribution in [0.4, 0.5) is 0 Å². The zero-order chi connectivity index (χ0) is 16.4. The number of ether oxygens (including phenoxy) is 1. The highest BCUT2D eigenvalue weighted by Crippen LogP contribution is 2.29. The third-order valence-electron chi connectivity index (χ3n) is 2.51. The molecule has 1 rings (SSSR count). The lowest BCUT2D eigenvalue weighted by Gasteiger charge is -2.15. The Morgan fingerprint density at radius 3 is 2.29 bits per heavy atom. The molecule has 21 heavy (non-hydrogen) atoms. The van der Waals surface area contributed by atoms with Crippen molar-refractivity contribution in [3.63, 3.8) is 0 Å². The first kappa shape index (κ1) is 17.0. The Morgan fingerprint density at radius 1 is 1.29 bits per heavy atom. The lowest BCUT2D eigenvalue weighted by atomic mass is 10.1. The number of guanidine groups is 1. The number of aliphatic imine (C=N–C) groups is 1. The van der Waals surface area contributed by atoms with Gasteiger partial charge in [-0.1, -0.05) is 0 Å². The van der Waals surface area contributed by atoms with Crippen LogP contribution in [0, 0.1) is 6.92 Å². The molecule has 7 nitrogen and oxygen atoms in total. The van der Waals surface area contributed by atoms with Crippen molar-refractivity contribution < 1.29 is 17.9 Å². The van der Waals surface area contributed by atoms with E-state index in [0.29, 0.717) is 5.56 Å². The van der Waals surface area contributed by atoms with E-state index in [0.717, 1.165) is 6.26 Å². The van der Waals surface area contributed by atoms with Gasteiger partial charge in [0.2, 0.25) is 0 Å². The highest BCUT2D eigenvalue weighted by atomic mass is 32.2. The van der Waals surface area contributed by atoms with Crippen molar-refractivity contribution in [1.29, 1.82) is 0 Å². The monoisotopic (exact) mass is 313 g/mol. The molecule has 0 aliphatic rings. The zero-order valence-electron chi connectivity index (χ0n) is 12.4. The summed E-state index contributed by atoms with van der Waals surface area (Å²) in [6, 6.07) is 2.73. The normalized spacial score (nSPS) is 11.3. The van der Waals surface area contributed by atoms with Gasteiger partial charge in [0.15, 0.2) is 15.8 Å². The number of aryl methyl sites for hydroxylation is 1. The minimum absolute atomic E-state index is 0.0732. The molecule has 0 heterocycles. The van der Waals surface area contributed by atoms with Crippen LogP contribution in [0.25, 0.3) is 0 Å². The Balaban J connectivity index is 3.52. The van der Waals surface area contributed by atoms with E-state index in [-0.39, 0.29) is 28.3 Å². The molecule has 0 unspecified atom stereocenters. The number of nitrogens with two attached hydrogens (primary N) is 2. The summed E-state index contributed by atoms with van der Waals surface area (Å²) in [6.45, 7) is 5.20. The third-order valence-corrected chi connectivity index (χ3v) is 3.63. The second kappa shape index (κ2) is 6.13. The van der Waals surface area contributed by atoms with Gasteiger partial charge in [-0.05, 0) is 38.5 Å². The molecule has 0 bridgehead atoms. The molecule has 0 saturated heterocycles. The number of hydrogen-bond acceptors (Lipinski definition) is 4. The number of amides is 1. The first-order chi connectivity index (χ1) is 9.52. The first-order valence-electron chi connectivity index (χ1n) is 6.17. The minimum atomic E-state index is -3.57. The second-order valence-electron chi connectivity index (χ2n) is 4.89. The maximum atomic E-state index is 11.9. The molecule has 0 aromatic heterocycles. The van der Waals surface area contributed by atoms with Crippen molar-refractivity contribution in [2.45, 2.75) is 31.8 Å². The average Bonchev–Trinajstić information content (AvgIpc) is 2.24. The molecule has 8 heteroatoms. The summed E-state index contributed by atoms with van der Waals surface area (Å²) in [5, 5.41) is 0. The summed E-state index contributed by atoms with van der Waals surface area (Å²) in [7, 11) is -3.57. The lowest BCUT2D eigenvalue weighted by molar-refractivity contribution is 0.100. The molecule has 1 aromatic carbocycles. The van der Waals surface area contributed by atoms with Crippen molar-refractivity contribution >= 4 is 21.7 Å². The van der Waals surface area contributed by atoms with Crippen LogP contribution in [0.3, 0.4) is 0 Å². The van der Waals surface area contributed by atoms with Crippen LogP contribution in [-0.4, -0.2) is 32.6 Å². The highest BCUT2D eigenvalue weighted by molar-refractivity contribution is 7.90. The Kier molecular flexibility index (Phi) is 4.95. The standard InChI is InChI=1S/C13H19N3O4S/c1-7(2)20-10-5-8(3)9(12(17)16-13(14)15)6-11(10)21(4,18)19/h5-7H,1-4H3,(H4,14,15,16,17). The third kappa shape index (κ3) is 4.45. The van der Waals surface area contributed by atoms with Gasteiger partial charge < -0.3 is 16.2 Å². The van der Waals surface area contributed by atoms with Crippen molar-refractivity contribution in [2.24, 2.45) is 16.5 Å². The van der Waals surface area contributed by atoms with Gasteiger partial charge in [0.05, 0.1) is 6.10 Å². The largest absolute Gasteiger partial charge is 0.490 e. The molecule has 4 N–H and O–H groups in total. The van der Waals surface area contributed by atoms with E-state index in [1.54, 1.807) is 20.8 Å². The van der Waals surface area contributed by atoms with Crippen LogP contribution in [-0.2, 0) is 9.84 Å². The molecule has 1 amide bonds. The highest BCUT2D eigenvalue weighted by Gasteiger charge is 2.21. The number of carbonyl (C=O) groups excluding carboxylic acids is 1. The summed E-state index contributed by atoms with van der Waals surface area (Å²) in [6.07, 6.45) is 0.837. The molecule has 0 radical (unpaired) electrons. The van der Waals surface area contributed by atoms with E-state index >= 15 is 0 Å². The fourth-order valence-electron chi connectivity index (χ4n) is 1.71. The molecule has 1 aromatic rings. The summed E-state index contributed by atoms with van der Waals surface area (Å²) in [5.41, 5.74) is 11.0. The summed E-state index contributed by atoms with van der Waals surface area (Å²) in [4.78, 5) is 15.3. The van der Waals surface area contributed by atoms with Gasteiger partial charge in [0.25, 0.3) is 5.91 Å². The Labute approximate surface area is 123 Å². The van der Waals surface area contributed by atoms with Gasteiger partial charge in [-0.2, -0.15) is 4.99 Å². The Bertz CT molecular complexity index is 690. The molecular formula is C13H19N3O4S. The second-order valence-corrected chi connectivity index (χ2v) is 6.88. The van der Waals surface area contributed by atoms with E-state index < -0.39 is 15.7 Å². The number of rotatable bonds is 4. The number of benzene rings is 1. The predicted molar refractivity (Wildman–Crippen MR) is 80.2 cm³/mol. The molecule has 0 aliphatic heterocycles. The van der Waals surface area contributed by atoms with Gasteiger partial charge in [0, 0.05) is 11.8 Å². The molecular weight excluding hydrogens is 294 g/mol. The summed E-state index contributed by atoms with van der Waals surface area (Å²) in [5.74, 6) is -0.887. The summed E-state index contributed by atoms with van der Waals surface area (Å²) >= 11 is 0. The quantitative estimate of drug-likeness (QED) is 0.619. The predicted octanol–water partition coefficient (Wildman–Crippen LogP) is 0.599. The Morgan fingerprint density at radius 2 is 1.86 bits per heavy atom. The Hall–Kier alpha value is -2.09. The smallest absolute Gasteiger partial charge is 0.280 e. The maximum absolute atomic E-state index is 11.9. The fourth-order valence-corrected chi connectivity index (χ4v) is 2.51. The minimum Gasteiger partial charge on any atom is -0.490 e. The molecule has 0 atom stereocenters. The topological polar surface area (TPSA) is 125 Å². The van der Waals surface area contributed by atoms with E-state index in [1.165, 1.54) is 12.1 Å². The summed E-state index contributed by atoms with van der Waals surface area (Å²) < 4.78 is 29.2. The maximum Gasteiger partial charge on any atom is 0.280 e. The van der Waals surface area contributed by atoms with Crippen LogP contribution in [0.5, 0.6) is 5.75 Å². The van der Waals surface area contributed by atoms with Crippen molar-refractivity contribution in [3.8, 4) is 5.75 Å². The molecule has 0 aliphatic carbocycles. The molecule has 0 saturated carbocycles. The van der Waals surface area contributed by atoms with Gasteiger partial charge >= 0.3 is 0 Å². The van der Waals surface area contributed by atoms with Crippen LogP contribution >= 0.6 is 0 Å². The molecule has 116 valence electrons. The first-order valence-corrected chi connectivity index (χ1v) is 8.07. The fraction of sp³-hybridized carbons (Fsp3) is 0.385. The van der Waals surface area contributed by atoms with E-state index in [4.69, 9.17) is 16.2 Å². The zero-order valence-corrected chi connectivity index (χ0v) is 13.2.